The number of nitrogens with zero attached hydrogens (tertiary/aromatic N) is 3. The number of carbonyl (C=O) groups excluding carboxylic acids is 1. The number of carbonyl (C=O) groups is 2. The van der Waals surface area contributed by atoms with Crippen molar-refractivity contribution in [2.24, 2.45) is 0 Å². The monoisotopic (exact) mass is 519 g/mol. The van der Waals surface area contributed by atoms with Crippen molar-refractivity contribution < 1.29 is 27.9 Å². The minimum Gasteiger partial charge on any atom is -0.475 e. The molecule has 2 atom stereocenters. The fraction of sp³-hybridized carbons (Fsp3) is 0.500. The molecule has 2 heterocycles. The van der Waals surface area contributed by atoms with Crippen LogP contribution in [0.5, 0.6) is 0 Å². The lowest BCUT2D eigenvalue weighted by Crippen LogP contribution is -2.49. The van der Waals surface area contributed by atoms with Crippen molar-refractivity contribution in [3.63, 3.8) is 0 Å². The van der Waals surface area contributed by atoms with Gasteiger partial charge in [0.15, 0.2) is 0 Å². The summed E-state index contributed by atoms with van der Waals surface area (Å²) in [6.07, 6.45) is 0.0161. The van der Waals surface area contributed by atoms with Crippen molar-refractivity contribution in [3.05, 3.63) is 65.7 Å². The number of fused-ring (bicyclic) bond motifs is 2. The number of hydrogen-bond donors (Lipinski definition) is 1. The van der Waals surface area contributed by atoms with Crippen LogP contribution in [0.2, 0.25) is 0 Å². The summed E-state index contributed by atoms with van der Waals surface area (Å²) in [6.45, 7) is 6.47. The van der Waals surface area contributed by atoms with E-state index in [1.807, 2.05) is 30.9 Å². The molecule has 0 spiro atoms. The van der Waals surface area contributed by atoms with Gasteiger partial charge in [0.05, 0.1) is 0 Å². The second-order valence-electron chi connectivity index (χ2n) is 9.62. The minimum atomic E-state index is -5.08. The average Bonchev–Trinajstić information content (AvgIpc) is 3.08. The maximum atomic E-state index is 12.7. The van der Waals surface area contributed by atoms with Gasteiger partial charge in [0.25, 0.3) is 5.91 Å². The standard InChI is InChI=1S/C26H35N3O.C2HF3O2/c1-4-28(5-2)26(30)21-11-13-22(14-12-21)29(19-20-9-7-6-8-10-20)25-17-23-15-16-24(18-25)27(23)3;3-2(4,5)1(6)7/h6-14,23-25H,4-5,15-19H2,1-3H3;(H,6,7). The van der Waals surface area contributed by atoms with Gasteiger partial charge in [-0.1, -0.05) is 30.3 Å². The first kappa shape index (κ1) is 28.5. The molecule has 9 heteroatoms. The lowest BCUT2D eigenvalue weighted by molar-refractivity contribution is -0.192. The molecule has 202 valence electrons. The Hall–Kier alpha value is -3.07. The molecule has 2 saturated heterocycles. The molecule has 2 aliphatic heterocycles. The molecule has 37 heavy (non-hydrogen) atoms. The van der Waals surface area contributed by atoms with E-state index < -0.39 is 12.1 Å². The summed E-state index contributed by atoms with van der Waals surface area (Å²) in [5.74, 6) is -2.63. The first-order valence-corrected chi connectivity index (χ1v) is 12.8. The van der Waals surface area contributed by atoms with Crippen molar-refractivity contribution >= 4 is 17.6 Å². The van der Waals surface area contributed by atoms with Gasteiger partial charge in [0.2, 0.25) is 0 Å². The molecule has 2 unspecified atom stereocenters. The zero-order chi connectivity index (χ0) is 27.2. The smallest absolute Gasteiger partial charge is 0.475 e. The highest BCUT2D eigenvalue weighted by Gasteiger charge is 2.40. The van der Waals surface area contributed by atoms with Crippen LogP contribution in [0, 0.1) is 0 Å². The lowest BCUT2D eigenvalue weighted by Gasteiger charge is -2.43. The summed E-state index contributed by atoms with van der Waals surface area (Å²) >= 11 is 0. The Bertz CT molecular complexity index is 1010. The Morgan fingerprint density at radius 1 is 0.946 bits per heavy atom. The molecule has 0 radical (unpaired) electrons. The van der Waals surface area contributed by atoms with Gasteiger partial charge in [0.1, 0.15) is 0 Å². The highest BCUT2D eigenvalue weighted by atomic mass is 19.4. The largest absolute Gasteiger partial charge is 0.490 e. The van der Waals surface area contributed by atoms with E-state index in [9.17, 15) is 18.0 Å². The van der Waals surface area contributed by atoms with Crippen molar-refractivity contribution in [1.29, 1.82) is 0 Å². The Morgan fingerprint density at radius 3 is 1.92 bits per heavy atom. The fourth-order valence-corrected chi connectivity index (χ4v) is 5.34. The van der Waals surface area contributed by atoms with Crippen molar-refractivity contribution in [2.75, 3.05) is 25.0 Å². The number of benzene rings is 2. The van der Waals surface area contributed by atoms with Crippen LogP contribution in [0.1, 0.15) is 55.5 Å². The summed E-state index contributed by atoms with van der Waals surface area (Å²) in [5, 5.41) is 7.12. The molecular weight excluding hydrogens is 483 g/mol. The highest BCUT2D eigenvalue weighted by Crippen LogP contribution is 2.38. The maximum absolute atomic E-state index is 12.7. The van der Waals surface area contributed by atoms with Crippen LogP contribution < -0.4 is 4.90 Å². The predicted octanol–water partition coefficient (Wildman–Crippen LogP) is 5.43. The number of halogens is 3. The van der Waals surface area contributed by atoms with Crippen LogP contribution in [0.15, 0.2) is 54.6 Å². The number of piperidine rings is 1. The maximum Gasteiger partial charge on any atom is 0.490 e. The molecule has 2 aromatic rings. The molecule has 2 aromatic carbocycles. The summed E-state index contributed by atoms with van der Waals surface area (Å²) < 4.78 is 31.7. The van der Waals surface area contributed by atoms with Gasteiger partial charge in [-0.3, -0.25) is 4.79 Å². The predicted molar refractivity (Wildman–Crippen MR) is 138 cm³/mol. The molecule has 0 saturated carbocycles. The van der Waals surface area contributed by atoms with Gasteiger partial charge in [-0.15, -0.1) is 0 Å². The number of alkyl halides is 3. The van der Waals surface area contributed by atoms with Crippen molar-refractivity contribution in [1.82, 2.24) is 9.80 Å². The molecule has 6 nitrogen and oxygen atoms in total. The van der Waals surface area contributed by atoms with Crippen LogP contribution in [-0.4, -0.2) is 71.2 Å². The van der Waals surface area contributed by atoms with E-state index in [0.717, 1.165) is 25.2 Å². The SMILES string of the molecule is CCN(CC)C(=O)c1ccc(N(Cc2ccccc2)C2CC3CCC(C2)N3C)cc1.O=C(O)C(F)(F)F. The number of carboxylic acids is 1. The third kappa shape index (κ3) is 7.25. The molecule has 4 rings (SSSR count). The average molecular weight is 520 g/mol. The van der Waals surface area contributed by atoms with Crippen LogP contribution >= 0.6 is 0 Å². The zero-order valence-electron chi connectivity index (χ0n) is 21.6. The second kappa shape index (κ2) is 12.4. The molecule has 0 aromatic heterocycles. The minimum absolute atomic E-state index is 0.124. The van der Waals surface area contributed by atoms with E-state index in [4.69, 9.17) is 9.90 Å². The normalized spacial score (nSPS) is 21.1. The van der Waals surface area contributed by atoms with Crippen LogP contribution in [0.4, 0.5) is 18.9 Å². The fourth-order valence-electron chi connectivity index (χ4n) is 5.34. The number of rotatable bonds is 7. The Kier molecular flexibility index (Phi) is 9.59. The highest BCUT2D eigenvalue weighted by molar-refractivity contribution is 5.94. The van der Waals surface area contributed by atoms with E-state index in [0.29, 0.717) is 18.1 Å². The number of aliphatic carboxylic acids is 1. The third-order valence-corrected chi connectivity index (χ3v) is 7.45. The van der Waals surface area contributed by atoms with E-state index >= 15 is 0 Å². The number of anilines is 1. The van der Waals surface area contributed by atoms with E-state index in [-0.39, 0.29) is 5.91 Å². The molecule has 2 aliphatic rings. The third-order valence-electron chi connectivity index (χ3n) is 7.45. The first-order chi connectivity index (χ1) is 17.5. The Labute approximate surface area is 216 Å². The number of amides is 1. The van der Waals surface area contributed by atoms with E-state index in [2.05, 4.69) is 59.3 Å². The van der Waals surface area contributed by atoms with Gasteiger partial charge in [-0.05, 0) is 76.4 Å². The van der Waals surface area contributed by atoms with Gasteiger partial charge in [0, 0.05) is 49.0 Å². The van der Waals surface area contributed by atoms with Crippen molar-refractivity contribution in [3.8, 4) is 0 Å². The van der Waals surface area contributed by atoms with Gasteiger partial charge < -0.3 is 19.8 Å². The summed E-state index contributed by atoms with van der Waals surface area (Å²) in [6, 6.07) is 21.0. The Balaban J connectivity index is 0.000000479. The van der Waals surface area contributed by atoms with Gasteiger partial charge >= 0.3 is 12.1 Å². The van der Waals surface area contributed by atoms with E-state index in [1.54, 1.807) is 0 Å². The lowest BCUT2D eigenvalue weighted by atomic mass is 9.95. The van der Waals surface area contributed by atoms with Crippen molar-refractivity contribution in [2.45, 2.75) is 70.4 Å². The van der Waals surface area contributed by atoms with E-state index in [1.165, 1.54) is 36.9 Å². The first-order valence-electron chi connectivity index (χ1n) is 12.8. The number of hydrogen-bond acceptors (Lipinski definition) is 4. The summed E-state index contributed by atoms with van der Waals surface area (Å²) in [7, 11) is 2.30. The molecule has 1 N–H and O–H groups in total. The molecular formula is C28H36F3N3O3. The number of carboxylic acid groups (broad SMARTS) is 1. The molecule has 2 fully saturated rings. The zero-order valence-corrected chi connectivity index (χ0v) is 21.6. The molecule has 2 bridgehead atoms. The van der Waals surface area contributed by atoms with Gasteiger partial charge in [-0.2, -0.15) is 13.2 Å². The summed E-state index contributed by atoms with van der Waals surface area (Å²) in [5.41, 5.74) is 3.35. The quantitative estimate of drug-likeness (QED) is 0.528. The van der Waals surface area contributed by atoms with Crippen LogP contribution in [0.25, 0.3) is 0 Å². The topological polar surface area (TPSA) is 64.1 Å². The molecule has 1 amide bonds. The second-order valence-corrected chi connectivity index (χ2v) is 9.62. The van der Waals surface area contributed by atoms with Crippen LogP contribution in [0.3, 0.4) is 0 Å². The van der Waals surface area contributed by atoms with Crippen LogP contribution in [-0.2, 0) is 11.3 Å². The Morgan fingerprint density at radius 2 is 1.46 bits per heavy atom. The van der Waals surface area contributed by atoms with Gasteiger partial charge in [-0.25, -0.2) is 4.79 Å². The summed E-state index contributed by atoms with van der Waals surface area (Å²) in [4.78, 5) is 28.7. The molecule has 0 aliphatic carbocycles.